The van der Waals surface area contributed by atoms with Crippen molar-refractivity contribution in [2.45, 2.75) is 26.3 Å². The van der Waals surface area contributed by atoms with Gasteiger partial charge in [0, 0.05) is 30.8 Å². The molecule has 29 heavy (non-hydrogen) atoms. The minimum Gasteiger partial charge on any atom is -0.348 e. The van der Waals surface area contributed by atoms with Crippen LogP contribution >= 0.6 is 22.9 Å². The molecule has 1 amide bonds. The van der Waals surface area contributed by atoms with Crippen LogP contribution in [0.15, 0.2) is 27.8 Å². The smallest absolute Gasteiger partial charge is 0.332 e. The third kappa shape index (κ3) is 3.67. The van der Waals surface area contributed by atoms with E-state index in [0.29, 0.717) is 20.5 Å². The second-order valence-electron chi connectivity index (χ2n) is 7.08. The quantitative estimate of drug-likeness (QED) is 0.682. The first-order chi connectivity index (χ1) is 13.8. The maximum absolute atomic E-state index is 12.7. The average molecular weight is 434 g/mol. The molecule has 0 atom stereocenters. The van der Waals surface area contributed by atoms with Gasteiger partial charge in [0.05, 0.1) is 0 Å². The van der Waals surface area contributed by atoms with Crippen LogP contribution in [0.25, 0.3) is 10.3 Å². The molecule has 1 N–H and O–H groups in total. The van der Waals surface area contributed by atoms with Crippen molar-refractivity contribution in [1.29, 1.82) is 0 Å². The van der Waals surface area contributed by atoms with Gasteiger partial charge in [-0.15, -0.1) is 0 Å². The molecule has 1 aliphatic heterocycles. The van der Waals surface area contributed by atoms with Gasteiger partial charge in [0.2, 0.25) is 5.91 Å². The van der Waals surface area contributed by atoms with Gasteiger partial charge in [-0.25, -0.2) is 9.78 Å². The molecule has 2 aromatic heterocycles. The van der Waals surface area contributed by atoms with E-state index in [1.54, 1.807) is 18.2 Å². The van der Waals surface area contributed by atoms with Crippen LogP contribution in [0.2, 0.25) is 5.02 Å². The van der Waals surface area contributed by atoms with E-state index in [-0.39, 0.29) is 12.2 Å². The summed E-state index contributed by atoms with van der Waals surface area (Å²) in [6, 6.07) is 5.20. The standard InChI is InChI=1S/C19H20ClN5O3S/c1-11-5-6-12(20)9-13(11)21-14(26)10-25-16-15(17(27)23(2)19(25)28)29-18(22-16)24-7-3-4-8-24/h5-6,9H,3-4,7-8,10H2,1-2H3,(H,21,26). The normalized spacial score (nSPS) is 14.0. The average Bonchev–Trinajstić information content (AvgIpc) is 3.36. The molecule has 1 aromatic carbocycles. The van der Waals surface area contributed by atoms with E-state index in [2.05, 4.69) is 15.2 Å². The van der Waals surface area contributed by atoms with E-state index < -0.39 is 17.2 Å². The van der Waals surface area contributed by atoms with Gasteiger partial charge in [0.1, 0.15) is 11.2 Å². The van der Waals surface area contributed by atoms with Crippen molar-refractivity contribution < 1.29 is 4.79 Å². The zero-order chi connectivity index (χ0) is 20.7. The highest BCUT2D eigenvalue weighted by atomic mass is 35.5. The highest BCUT2D eigenvalue weighted by Gasteiger charge is 2.22. The van der Waals surface area contributed by atoms with Crippen molar-refractivity contribution in [3.8, 4) is 0 Å². The first-order valence-corrected chi connectivity index (χ1v) is 10.5. The van der Waals surface area contributed by atoms with Gasteiger partial charge >= 0.3 is 5.69 Å². The van der Waals surface area contributed by atoms with Crippen LogP contribution in [0.5, 0.6) is 0 Å². The third-order valence-electron chi connectivity index (χ3n) is 5.02. The lowest BCUT2D eigenvalue weighted by atomic mass is 10.2. The summed E-state index contributed by atoms with van der Waals surface area (Å²) in [5, 5.41) is 3.99. The molecule has 152 valence electrons. The molecule has 0 bridgehead atoms. The summed E-state index contributed by atoms with van der Waals surface area (Å²) in [5.41, 5.74) is 0.718. The van der Waals surface area contributed by atoms with Crippen molar-refractivity contribution in [3.63, 3.8) is 0 Å². The number of hydrogen-bond donors (Lipinski definition) is 1. The lowest BCUT2D eigenvalue weighted by Gasteiger charge is -2.12. The molecule has 0 saturated carbocycles. The van der Waals surface area contributed by atoms with Crippen LogP contribution < -0.4 is 21.5 Å². The number of benzene rings is 1. The van der Waals surface area contributed by atoms with E-state index in [4.69, 9.17) is 11.6 Å². The van der Waals surface area contributed by atoms with Crippen LogP contribution in [-0.4, -0.2) is 33.1 Å². The fourth-order valence-electron chi connectivity index (χ4n) is 3.38. The summed E-state index contributed by atoms with van der Waals surface area (Å²) in [5.74, 6) is -0.395. The topological polar surface area (TPSA) is 89.2 Å². The Balaban J connectivity index is 1.72. The van der Waals surface area contributed by atoms with Crippen LogP contribution in [0, 0.1) is 6.92 Å². The maximum atomic E-state index is 12.7. The van der Waals surface area contributed by atoms with Crippen LogP contribution in [-0.2, 0) is 18.4 Å². The number of thiazole rings is 1. The number of halogens is 1. The van der Waals surface area contributed by atoms with Gasteiger partial charge in [0.15, 0.2) is 10.8 Å². The molecule has 3 heterocycles. The lowest BCUT2D eigenvalue weighted by Crippen LogP contribution is -2.40. The van der Waals surface area contributed by atoms with Crippen molar-refractivity contribution >= 4 is 50.0 Å². The van der Waals surface area contributed by atoms with Gasteiger partial charge < -0.3 is 10.2 Å². The predicted octanol–water partition coefficient (Wildman–Crippen LogP) is 2.36. The van der Waals surface area contributed by atoms with Crippen molar-refractivity contribution in [2.75, 3.05) is 23.3 Å². The van der Waals surface area contributed by atoms with Gasteiger partial charge in [0.25, 0.3) is 5.56 Å². The maximum Gasteiger partial charge on any atom is 0.332 e. The Morgan fingerprint density at radius 1 is 1.28 bits per heavy atom. The Kier molecular flexibility index (Phi) is 5.18. The number of fused-ring (bicyclic) bond motifs is 1. The molecule has 1 saturated heterocycles. The molecule has 1 aliphatic rings. The number of aryl methyl sites for hydroxylation is 1. The van der Waals surface area contributed by atoms with E-state index >= 15 is 0 Å². The van der Waals surface area contributed by atoms with E-state index in [1.807, 2.05) is 6.92 Å². The van der Waals surface area contributed by atoms with Crippen LogP contribution in [0.4, 0.5) is 10.8 Å². The number of hydrogen-bond acceptors (Lipinski definition) is 6. The summed E-state index contributed by atoms with van der Waals surface area (Å²) in [6.07, 6.45) is 2.14. The largest absolute Gasteiger partial charge is 0.348 e. The molecule has 1 fully saturated rings. The second-order valence-corrected chi connectivity index (χ2v) is 8.50. The Bertz CT molecular complexity index is 1220. The minimum atomic E-state index is -0.571. The van der Waals surface area contributed by atoms with E-state index in [0.717, 1.165) is 36.1 Å². The van der Waals surface area contributed by atoms with E-state index in [9.17, 15) is 14.4 Å². The summed E-state index contributed by atoms with van der Waals surface area (Å²) < 4.78 is 2.65. The van der Waals surface area contributed by atoms with E-state index in [1.165, 1.54) is 23.0 Å². The lowest BCUT2D eigenvalue weighted by molar-refractivity contribution is -0.116. The number of aromatic nitrogens is 3. The Morgan fingerprint density at radius 3 is 2.72 bits per heavy atom. The molecule has 0 radical (unpaired) electrons. The van der Waals surface area contributed by atoms with Crippen LogP contribution in [0.1, 0.15) is 18.4 Å². The van der Waals surface area contributed by atoms with Gasteiger partial charge in [-0.1, -0.05) is 29.0 Å². The zero-order valence-electron chi connectivity index (χ0n) is 16.1. The number of carbonyl (C=O) groups is 1. The van der Waals surface area contributed by atoms with Gasteiger partial charge in [-0.05, 0) is 37.5 Å². The monoisotopic (exact) mass is 433 g/mol. The number of nitrogens with zero attached hydrogens (tertiary/aromatic N) is 4. The van der Waals surface area contributed by atoms with Crippen molar-refractivity contribution in [3.05, 3.63) is 49.6 Å². The summed E-state index contributed by atoms with van der Waals surface area (Å²) >= 11 is 7.28. The molecule has 10 heteroatoms. The number of anilines is 2. The fraction of sp³-hybridized carbons (Fsp3) is 0.368. The summed E-state index contributed by atoms with van der Waals surface area (Å²) in [6.45, 7) is 3.35. The predicted molar refractivity (Wildman–Crippen MR) is 115 cm³/mol. The highest BCUT2D eigenvalue weighted by Crippen LogP contribution is 2.28. The Morgan fingerprint density at radius 2 is 2.00 bits per heavy atom. The van der Waals surface area contributed by atoms with Crippen LogP contribution in [0.3, 0.4) is 0 Å². The number of rotatable bonds is 4. The second kappa shape index (κ2) is 7.64. The Labute approximate surface area is 175 Å². The molecule has 0 spiro atoms. The fourth-order valence-corrected chi connectivity index (χ4v) is 4.65. The molecular formula is C19H20ClN5O3S. The molecule has 0 aliphatic carbocycles. The zero-order valence-corrected chi connectivity index (χ0v) is 17.6. The molecule has 3 aromatic rings. The first kappa shape index (κ1) is 19.7. The third-order valence-corrected chi connectivity index (χ3v) is 6.35. The highest BCUT2D eigenvalue weighted by molar-refractivity contribution is 7.22. The number of carbonyl (C=O) groups excluding carboxylic acids is 1. The van der Waals surface area contributed by atoms with Crippen molar-refractivity contribution in [1.82, 2.24) is 14.1 Å². The molecule has 0 unspecified atom stereocenters. The Hall–Kier alpha value is -2.65. The van der Waals surface area contributed by atoms with Crippen molar-refractivity contribution in [2.24, 2.45) is 7.05 Å². The number of nitrogens with one attached hydrogen (secondary N) is 1. The van der Waals surface area contributed by atoms with Gasteiger partial charge in [-0.2, -0.15) is 0 Å². The molecular weight excluding hydrogens is 414 g/mol. The van der Waals surface area contributed by atoms with Gasteiger partial charge in [-0.3, -0.25) is 18.7 Å². The first-order valence-electron chi connectivity index (χ1n) is 9.26. The minimum absolute atomic E-state index is 0.251. The summed E-state index contributed by atoms with van der Waals surface area (Å²) in [7, 11) is 1.41. The SMILES string of the molecule is Cc1ccc(Cl)cc1NC(=O)Cn1c(=O)n(C)c(=O)c2sc(N3CCCC3)nc21. The molecule has 4 rings (SSSR count). The number of amides is 1. The molecule has 8 nitrogen and oxygen atoms in total. The summed E-state index contributed by atoms with van der Waals surface area (Å²) in [4.78, 5) is 44.6.